The van der Waals surface area contributed by atoms with Crippen molar-refractivity contribution in [3.63, 3.8) is 0 Å². The lowest BCUT2D eigenvalue weighted by atomic mass is 10.1. The van der Waals surface area contributed by atoms with E-state index in [1.807, 2.05) is 98.0 Å². The van der Waals surface area contributed by atoms with Crippen LogP contribution in [0.3, 0.4) is 0 Å². The summed E-state index contributed by atoms with van der Waals surface area (Å²) in [5, 5.41) is 10.9. The third kappa shape index (κ3) is 9.57. The number of hydrogen-bond donors (Lipinski definition) is 3. The molecule has 48 heavy (non-hydrogen) atoms. The molecular formula is C37H35N5O4S2. The predicted octanol–water partition coefficient (Wildman–Crippen LogP) is 7.42. The second-order valence-corrected chi connectivity index (χ2v) is 12.6. The van der Waals surface area contributed by atoms with Gasteiger partial charge in [-0.15, -0.1) is 23.1 Å². The number of rotatable bonds is 13. The lowest BCUT2D eigenvalue weighted by molar-refractivity contribution is -0.114. The fourth-order valence-corrected chi connectivity index (χ4v) is 5.90. The highest BCUT2D eigenvalue weighted by atomic mass is 32.2. The topological polar surface area (TPSA) is 113 Å². The molecule has 0 saturated carbocycles. The first-order valence-electron chi connectivity index (χ1n) is 15.2. The van der Waals surface area contributed by atoms with Crippen molar-refractivity contribution < 1.29 is 19.1 Å². The van der Waals surface area contributed by atoms with E-state index in [9.17, 15) is 14.4 Å². The summed E-state index contributed by atoms with van der Waals surface area (Å²) in [4.78, 5) is 46.4. The van der Waals surface area contributed by atoms with Gasteiger partial charge in [0.1, 0.15) is 11.4 Å². The monoisotopic (exact) mass is 677 g/mol. The molecule has 0 unspecified atom stereocenters. The highest BCUT2D eigenvalue weighted by Gasteiger charge is 2.16. The molecule has 0 aliphatic heterocycles. The van der Waals surface area contributed by atoms with Gasteiger partial charge in [-0.3, -0.25) is 14.4 Å². The van der Waals surface area contributed by atoms with Crippen LogP contribution in [0, 0.1) is 0 Å². The summed E-state index contributed by atoms with van der Waals surface area (Å²) in [5.74, 6) is -0.0453. The summed E-state index contributed by atoms with van der Waals surface area (Å²) in [6.07, 6.45) is 1.64. The third-order valence-corrected chi connectivity index (χ3v) is 8.71. The number of amides is 3. The van der Waals surface area contributed by atoms with Gasteiger partial charge in [0.25, 0.3) is 11.8 Å². The van der Waals surface area contributed by atoms with Gasteiger partial charge in [0.05, 0.1) is 18.1 Å². The van der Waals surface area contributed by atoms with Crippen LogP contribution in [0.4, 0.5) is 16.5 Å². The van der Waals surface area contributed by atoms with Gasteiger partial charge in [0.2, 0.25) is 5.91 Å². The maximum atomic E-state index is 13.4. The molecule has 1 aromatic heterocycles. The number of carbonyl (C=O) groups excluding carboxylic acids is 3. The van der Waals surface area contributed by atoms with E-state index in [1.54, 1.807) is 42.5 Å². The number of anilines is 3. The Morgan fingerprint density at radius 3 is 2.25 bits per heavy atom. The molecule has 244 valence electrons. The summed E-state index contributed by atoms with van der Waals surface area (Å²) < 4.78 is 5.49. The normalized spacial score (nSPS) is 11.0. The minimum absolute atomic E-state index is 0.101. The standard InChI is InChI=1S/C37H35N5O4S2/c1-4-46-30-18-12-26(13-19-30)33-23-48-37(40-33)41-34(43)24-47-31-20-14-28(15-21-31)38-36(45)32(39-35(44)27-8-6-5-7-9-27)22-25-10-16-29(17-11-25)42(2)3/h5-23H,4,24H2,1-3H3,(H,38,45)(H,39,44)(H,40,41,43)/b32-22-. The largest absolute Gasteiger partial charge is 0.494 e. The Hall–Kier alpha value is -5.39. The average Bonchev–Trinajstić information content (AvgIpc) is 3.57. The molecule has 0 radical (unpaired) electrons. The number of carbonyl (C=O) groups is 3. The molecule has 1 heterocycles. The molecule has 3 N–H and O–H groups in total. The van der Waals surface area contributed by atoms with Crippen LogP contribution in [0.15, 0.2) is 119 Å². The smallest absolute Gasteiger partial charge is 0.272 e. The van der Waals surface area contributed by atoms with E-state index < -0.39 is 11.8 Å². The van der Waals surface area contributed by atoms with Crippen LogP contribution in [0.1, 0.15) is 22.8 Å². The third-order valence-electron chi connectivity index (χ3n) is 6.94. The van der Waals surface area contributed by atoms with E-state index in [0.717, 1.165) is 33.2 Å². The number of thiazole rings is 1. The fraction of sp³-hybridized carbons (Fsp3) is 0.135. The second-order valence-electron chi connectivity index (χ2n) is 10.7. The van der Waals surface area contributed by atoms with Crippen molar-refractivity contribution >= 4 is 63.4 Å². The molecule has 0 fully saturated rings. The van der Waals surface area contributed by atoms with Gasteiger partial charge >= 0.3 is 0 Å². The highest BCUT2D eigenvalue weighted by Crippen LogP contribution is 2.27. The molecule has 11 heteroatoms. The Bertz CT molecular complexity index is 1870. The van der Waals surface area contributed by atoms with Crippen molar-refractivity contribution in [2.45, 2.75) is 11.8 Å². The predicted molar refractivity (Wildman–Crippen MR) is 196 cm³/mol. The van der Waals surface area contributed by atoms with Gasteiger partial charge < -0.3 is 25.6 Å². The molecule has 5 rings (SSSR count). The molecule has 0 spiro atoms. The number of aromatic nitrogens is 1. The molecule has 0 aliphatic rings. The quantitative estimate of drug-likeness (QED) is 0.0879. The lowest BCUT2D eigenvalue weighted by Gasteiger charge is -2.13. The van der Waals surface area contributed by atoms with E-state index in [2.05, 4.69) is 20.9 Å². The van der Waals surface area contributed by atoms with Crippen molar-refractivity contribution in [3.05, 3.63) is 125 Å². The van der Waals surface area contributed by atoms with Gasteiger partial charge in [0, 0.05) is 46.9 Å². The van der Waals surface area contributed by atoms with Crippen molar-refractivity contribution in [3.8, 4) is 17.0 Å². The summed E-state index contributed by atoms with van der Waals surface area (Å²) in [6, 6.07) is 31.2. The average molecular weight is 678 g/mol. The number of thioether (sulfide) groups is 1. The number of benzene rings is 4. The Balaban J connectivity index is 1.18. The maximum Gasteiger partial charge on any atom is 0.272 e. The molecule has 3 amide bonds. The molecule has 0 aliphatic carbocycles. The van der Waals surface area contributed by atoms with Gasteiger partial charge in [-0.1, -0.05) is 30.3 Å². The number of hydrogen-bond acceptors (Lipinski definition) is 8. The van der Waals surface area contributed by atoms with Crippen LogP contribution >= 0.6 is 23.1 Å². The van der Waals surface area contributed by atoms with Gasteiger partial charge in [-0.2, -0.15) is 0 Å². The highest BCUT2D eigenvalue weighted by molar-refractivity contribution is 8.00. The van der Waals surface area contributed by atoms with E-state index in [-0.39, 0.29) is 17.4 Å². The summed E-state index contributed by atoms with van der Waals surface area (Å²) >= 11 is 2.73. The van der Waals surface area contributed by atoms with Crippen LogP contribution in [0.5, 0.6) is 5.75 Å². The number of nitrogens with one attached hydrogen (secondary N) is 3. The zero-order valence-electron chi connectivity index (χ0n) is 26.7. The Morgan fingerprint density at radius 2 is 1.58 bits per heavy atom. The minimum atomic E-state index is -0.469. The lowest BCUT2D eigenvalue weighted by Crippen LogP contribution is -2.30. The molecule has 0 bridgehead atoms. The van der Waals surface area contributed by atoms with Crippen LogP contribution in [0.25, 0.3) is 17.3 Å². The Morgan fingerprint density at radius 1 is 0.875 bits per heavy atom. The summed E-state index contributed by atoms with van der Waals surface area (Å²) in [6.45, 7) is 2.54. The Kier molecular flexibility index (Phi) is 11.6. The van der Waals surface area contributed by atoms with Crippen molar-refractivity contribution in [2.75, 3.05) is 42.0 Å². The van der Waals surface area contributed by atoms with Crippen molar-refractivity contribution in [1.29, 1.82) is 0 Å². The van der Waals surface area contributed by atoms with Gasteiger partial charge in [-0.25, -0.2) is 4.98 Å². The molecule has 4 aromatic carbocycles. The Labute approximate surface area is 288 Å². The van der Waals surface area contributed by atoms with Crippen LogP contribution in [0.2, 0.25) is 0 Å². The first kappa shape index (κ1) is 34.0. The van der Waals surface area contributed by atoms with E-state index in [4.69, 9.17) is 4.74 Å². The van der Waals surface area contributed by atoms with E-state index >= 15 is 0 Å². The van der Waals surface area contributed by atoms with Crippen LogP contribution in [-0.2, 0) is 9.59 Å². The molecule has 9 nitrogen and oxygen atoms in total. The number of nitrogens with zero attached hydrogens (tertiary/aromatic N) is 2. The van der Waals surface area contributed by atoms with Crippen LogP contribution < -0.4 is 25.6 Å². The molecular weight excluding hydrogens is 643 g/mol. The fourth-order valence-electron chi connectivity index (χ4n) is 4.47. The first-order valence-corrected chi connectivity index (χ1v) is 17.0. The van der Waals surface area contributed by atoms with E-state index in [0.29, 0.717) is 23.0 Å². The molecule has 0 saturated heterocycles. The minimum Gasteiger partial charge on any atom is -0.494 e. The SMILES string of the molecule is CCOc1ccc(-c2csc(NC(=O)CSc3ccc(NC(=O)/C(=C/c4ccc(N(C)C)cc4)NC(=O)c4ccccc4)cc3)n2)cc1. The zero-order chi connectivity index (χ0) is 33.9. The summed E-state index contributed by atoms with van der Waals surface area (Å²) in [7, 11) is 3.90. The van der Waals surface area contributed by atoms with Gasteiger partial charge in [0.15, 0.2) is 5.13 Å². The van der Waals surface area contributed by atoms with Crippen molar-refractivity contribution in [1.82, 2.24) is 10.3 Å². The van der Waals surface area contributed by atoms with Crippen molar-refractivity contribution in [2.24, 2.45) is 0 Å². The number of ether oxygens (including phenoxy) is 1. The summed E-state index contributed by atoms with van der Waals surface area (Å²) in [5.41, 5.74) is 4.58. The van der Waals surface area contributed by atoms with Crippen LogP contribution in [-0.4, -0.2) is 49.2 Å². The zero-order valence-corrected chi connectivity index (χ0v) is 28.4. The van der Waals surface area contributed by atoms with Gasteiger partial charge in [-0.05, 0) is 91.4 Å². The first-order chi connectivity index (χ1) is 23.3. The molecule has 5 aromatic rings. The molecule has 0 atom stereocenters. The van der Waals surface area contributed by atoms with E-state index in [1.165, 1.54) is 23.1 Å². The maximum absolute atomic E-state index is 13.4. The second kappa shape index (κ2) is 16.4.